The van der Waals surface area contributed by atoms with Crippen LogP contribution in [0.15, 0.2) is 6.07 Å². The van der Waals surface area contributed by atoms with Gasteiger partial charge >= 0.3 is 0 Å². The second-order valence-corrected chi connectivity index (χ2v) is 5.19. The molecular formula is C13H18F2N4O. The summed E-state index contributed by atoms with van der Waals surface area (Å²) in [5.41, 5.74) is -0.586. The highest BCUT2D eigenvalue weighted by molar-refractivity contribution is 5.83. The van der Waals surface area contributed by atoms with Crippen LogP contribution in [0.4, 0.5) is 20.4 Å². The van der Waals surface area contributed by atoms with Crippen molar-refractivity contribution in [1.29, 1.82) is 0 Å². The summed E-state index contributed by atoms with van der Waals surface area (Å²) in [4.78, 5) is 17.5. The Kier molecular flexibility index (Phi) is 3.78. The number of carbonyl (C=O) groups excluding carboxylic acids is 1. The Morgan fingerprint density at radius 3 is 2.70 bits per heavy atom. The van der Waals surface area contributed by atoms with Gasteiger partial charge in [-0.25, -0.2) is 13.8 Å². The fourth-order valence-corrected chi connectivity index (χ4v) is 2.48. The quantitative estimate of drug-likeness (QED) is 0.880. The van der Waals surface area contributed by atoms with E-state index in [0.29, 0.717) is 19.5 Å². The van der Waals surface area contributed by atoms with Gasteiger partial charge in [-0.15, -0.1) is 0 Å². The van der Waals surface area contributed by atoms with Crippen LogP contribution in [-0.4, -0.2) is 38.1 Å². The zero-order valence-electron chi connectivity index (χ0n) is 11.8. The van der Waals surface area contributed by atoms with Crippen molar-refractivity contribution in [1.82, 2.24) is 10.3 Å². The SMILES string of the molecule is CNC(=O)C1(C)CCN(c2nc(NC)c(F)cc2F)C1. The van der Waals surface area contributed by atoms with Gasteiger partial charge in [-0.1, -0.05) is 0 Å². The third-order valence-electron chi connectivity index (χ3n) is 3.70. The van der Waals surface area contributed by atoms with E-state index in [9.17, 15) is 13.6 Å². The van der Waals surface area contributed by atoms with Crippen molar-refractivity contribution in [2.24, 2.45) is 5.41 Å². The van der Waals surface area contributed by atoms with Crippen molar-refractivity contribution in [2.75, 3.05) is 37.4 Å². The third kappa shape index (κ3) is 2.39. The molecule has 1 aliphatic heterocycles. The largest absolute Gasteiger partial charge is 0.371 e. The van der Waals surface area contributed by atoms with Crippen LogP contribution in [0.2, 0.25) is 0 Å². The van der Waals surface area contributed by atoms with E-state index < -0.39 is 17.0 Å². The van der Waals surface area contributed by atoms with Crippen LogP contribution in [-0.2, 0) is 4.79 Å². The van der Waals surface area contributed by atoms with Crippen LogP contribution < -0.4 is 15.5 Å². The lowest BCUT2D eigenvalue weighted by atomic mass is 9.89. The van der Waals surface area contributed by atoms with Gasteiger partial charge in [0.25, 0.3) is 0 Å². The Balaban J connectivity index is 2.28. The molecule has 0 saturated carbocycles. The molecule has 0 bridgehead atoms. The number of pyridine rings is 1. The number of halogens is 2. The lowest BCUT2D eigenvalue weighted by molar-refractivity contribution is -0.128. The number of hydrogen-bond donors (Lipinski definition) is 2. The topological polar surface area (TPSA) is 57.3 Å². The summed E-state index contributed by atoms with van der Waals surface area (Å²) in [6.07, 6.45) is 0.597. The van der Waals surface area contributed by atoms with E-state index >= 15 is 0 Å². The molecule has 7 heteroatoms. The summed E-state index contributed by atoms with van der Waals surface area (Å²) in [5.74, 6) is -1.47. The minimum Gasteiger partial charge on any atom is -0.371 e. The highest BCUT2D eigenvalue weighted by Gasteiger charge is 2.41. The van der Waals surface area contributed by atoms with Crippen molar-refractivity contribution >= 4 is 17.5 Å². The third-order valence-corrected chi connectivity index (χ3v) is 3.70. The molecular weight excluding hydrogens is 266 g/mol. The molecule has 1 aromatic rings. The fraction of sp³-hybridized carbons (Fsp3) is 0.538. The van der Waals surface area contributed by atoms with Crippen LogP contribution in [0.5, 0.6) is 0 Å². The summed E-state index contributed by atoms with van der Waals surface area (Å²) in [6, 6.07) is 0.809. The number of rotatable bonds is 3. The van der Waals surface area contributed by atoms with E-state index in [2.05, 4.69) is 15.6 Å². The number of amides is 1. The molecule has 2 N–H and O–H groups in total. The molecule has 1 aromatic heterocycles. The zero-order chi connectivity index (χ0) is 14.9. The molecule has 1 unspecified atom stereocenters. The van der Waals surface area contributed by atoms with Gasteiger partial charge in [0.1, 0.15) is 0 Å². The van der Waals surface area contributed by atoms with Gasteiger partial charge in [0.2, 0.25) is 5.91 Å². The van der Waals surface area contributed by atoms with E-state index in [-0.39, 0.29) is 17.5 Å². The molecule has 1 saturated heterocycles. The highest BCUT2D eigenvalue weighted by Crippen LogP contribution is 2.34. The monoisotopic (exact) mass is 284 g/mol. The Labute approximate surface area is 116 Å². The fourth-order valence-electron chi connectivity index (χ4n) is 2.48. The van der Waals surface area contributed by atoms with Gasteiger partial charge < -0.3 is 15.5 Å². The van der Waals surface area contributed by atoms with Gasteiger partial charge in [-0.3, -0.25) is 4.79 Å². The number of nitrogens with one attached hydrogen (secondary N) is 2. The maximum Gasteiger partial charge on any atom is 0.227 e. The zero-order valence-corrected chi connectivity index (χ0v) is 11.8. The van der Waals surface area contributed by atoms with E-state index in [1.54, 1.807) is 11.9 Å². The molecule has 0 aromatic carbocycles. The molecule has 110 valence electrons. The lowest BCUT2D eigenvalue weighted by Crippen LogP contribution is -2.39. The number of carbonyl (C=O) groups is 1. The molecule has 0 aliphatic carbocycles. The highest BCUT2D eigenvalue weighted by atomic mass is 19.1. The molecule has 1 atom stereocenters. The number of anilines is 2. The molecule has 2 rings (SSSR count). The van der Waals surface area contributed by atoms with Crippen LogP contribution in [0.1, 0.15) is 13.3 Å². The Hall–Kier alpha value is -1.92. The van der Waals surface area contributed by atoms with Gasteiger partial charge in [-0.05, 0) is 13.3 Å². The predicted octanol–water partition coefficient (Wildman–Crippen LogP) is 1.36. The van der Waals surface area contributed by atoms with Crippen molar-refractivity contribution in [3.63, 3.8) is 0 Å². The average molecular weight is 284 g/mol. The molecule has 1 amide bonds. The van der Waals surface area contributed by atoms with Crippen LogP contribution in [0.25, 0.3) is 0 Å². The Morgan fingerprint density at radius 2 is 2.10 bits per heavy atom. The minimum absolute atomic E-state index is 0.00468. The molecule has 20 heavy (non-hydrogen) atoms. The first-order valence-electron chi connectivity index (χ1n) is 6.42. The smallest absolute Gasteiger partial charge is 0.227 e. The lowest BCUT2D eigenvalue weighted by Gasteiger charge is -2.23. The maximum absolute atomic E-state index is 13.9. The van der Waals surface area contributed by atoms with Gasteiger partial charge in [-0.2, -0.15) is 0 Å². The standard InChI is InChI=1S/C13H18F2N4O/c1-13(12(20)17-3)4-5-19(7-13)11-9(15)6-8(14)10(16-2)18-11/h6H,4-5,7H2,1-3H3,(H,16,18)(H,17,20). The van der Waals surface area contributed by atoms with E-state index in [1.807, 2.05) is 6.92 Å². The predicted molar refractivity (Wildman–Crippen MR) is 72.7 cm³/mol. The summed E-state index contributed by atoms with van der Waals surface area (Å²) in [5, 5.41) is 5.20. The molecule has 0 spiro atoms. The summed E-state index contributed by atoms with van der Waals surface area (Å²) >= 11 is 0. The first-order chi connectivity index (χ1) is 9.41. The van der Waals surface area contributed by atoms with E-state index in [0.717, 1.165) is 6.07 Å². The number of nitrogens with zero attached hydrogens (tertiary/aromatic N) is 2. The van der Waals surface area contributed by atoms with E-state index in [1.165, 1.54) is 7.05 Å². The first-order valence-corrected chi connectivity index (χ1v) is 6.42. The normalized spacial score (nSPS) is 21.9. The van der Waals surface area contributed by atoms with Crippen LogP contribution in [0.3, 0.4) is 0 Å². The van der Waals surface area contributed by atoms with Gasteiger partial charge in [0.15, 0.2) is 23.3 Å². The van der Waals surface area contributed by atoms with Crippen molar-refractivity contribution in [2.45, 2.75) is 13.3 Å². The summed E-state index contributed by atoms with van der Waals surface area (Å²) in [6.45, 7) is 2.68. The molecule has 2 heterocycles. The van der Waals surface area contributed by atoms with Gasteiger partial charge in [0, 0.05) is 33.3 Å². The Morgan fingerprint density at radius 1 is 1.40 bits per heavy atom. The van der Waals surface area contributed by atoms with E-state index in [4.69, 9.17) is 0 Å². The second-order valence-electron chi connectivity index (χ2n) is 5.19. The summed E-state index contributed by atoms with van der Waals surface area (Å²) in [7, 11) is 3.10. The van der Waals surface area contributed by atoms with Crippen molar-refractivity contribution < 1.29 is 13.6 Å². The molecule has 1 fully saturated rings. The molecule has 5 nitrogen and oxygen atoms in total. The van der Waals surface area contributed by atoms with Crippen molar-refractivity contribution in [3.05, 3.63) is 17.7 Å². The van der Waals surface area contributed by atoms with Crippen LogP contribution >= 0.6 is 0 Å². The Bertz CT molecular complexity index is 537. The first kappa shape index (κ1) is 14.5. The molecule has 1 aliphatic rings. The maximum atomic E-state index is 13.9. The number of hydrogen-bond acceptors (Lipinski definition) is 4. The number of aromatic nitrogens is 1. The average Bonchev–Trinajstić information content (AvgIpc) is 2.81. The summed E-state index contributed by atoms with van der Waals surface area (Å²) < 4.78 is 27.3. The van der Waals surface area contributed by atoms with Crippen molar-refractivity contribution in [3.8, 4) is 0 Å². The van der Waals surface area contributed by atoms with Crippen LogP contribution in [0, 0.1) is 17.0 Å². The van der Waals surface area contributed by atoms with Gasteiger partial charge in [0.05, 0.1) is 5.41 Å². The molecule has 0 radical (unpaired) electrons. The minimum atomic E-state index is -0.734. The second kappa shape index (κ2) is 5.22.